The van der Waals surface area contributed by atoms with Crippen molar-refractivity contribution in [2.75, 3.05) is 0 Å². The van der Waals surface area contributed by atoms with Crippen LogP contribution in [0.1, 0.15) is 114 Å². The van der Waals surface area contributed by atoms with Crippen molar-refractivity contribution >= 4 is 17.9 Å². The van der Waals surface area contributed by atoms with Gasteiger partial charge in [-0.05, 0) is 37.0 Å². The van der Waals surface area contributed by atoms with Gasteiger partial charge in [-0.3, -0.25) is 9.59 Å². The van der Waals surface area contributed by atoms with E-state index in [1.54, 1.807) is 0 Å². The predicted octanol–water partition coefficient (Wildman–Crippen LogP) is 5.60. The van der Waals surface area contributed by atoms with Crippen LogP contribution in [-0.4, -0.2) is 46.9 Å². The summed E-state index contributed by atoms with van der Waals surface area (Å²) in [6.07, 6.45) is 2.00. The zero-order valence-corrected chi connectivity index (χ0v) is 23.0. The summed E-state index contributed by atoms with van der Waals surface area (Å²) in [6, 6.07) is 0. The Hall–Kier alpha value is -1.63. The van der Waals surface area contributed by atoms with Gasteiger partial charge < -0.3 is 19.3 Å². The van der Waals surface area contributed by atoms with Crippen LogP contribution in [0.5, 0.6) is 0 Å². The highest BCUT2D eigenvalue weighted by molar-refractivity contribution is 5.90. The molecular weight excluding hydrogens is 436 g/mol. The van der Waals surface area contributed by atoms with Crippen LogP contribution in [0.2, 0.25) is 0 Å². The van der Waals surface area contributed by atoms with Gasteiger partial charge in [-0.15, -0.1) is 0 Å². The fourth-order valence-corrected chi connectivity index (χ4v) is 3.79. The lowest BCUT2D eigenvalue weighted by Gasteiger charge is -2.30. The molecule has 0 saturated heterocycles. The summed E-state index contributed by atoms with van der Waals surface area (Å²) in [6.45, 7) is 17.6. The third-order valence-electron chi connectivity index (χ3n) is 6.03. The maximum Gasteiger partial charge on any atom is 0.339 e. The Bertz CT molecular complexity index is 578. The molecule has 1 N–H and O–H groups in total. The molecule has 0 aliphatic carbocycles. The smallest absolute Gasteiger partial charge is 0.339 e. The molecule has 3 atom stereocenters. The molecule has 0 spiro atoms. The van der Waals surface area contributed by atoms with Crippen molar-refractivity contribution < 1.29 is 33.7 Å². The highest BCUT2D eigenvalue weighted by Crippen LogP contribution is 2.26. The van der Waals surface area contributed by atoms with Crippen molar-refractivity contribution in [1.82, 2.24) is 0 Å². The Balaban J connectivity index is 5.73. The predicted molar refractivity (Wildman–Crippen MR) is 133 cm³/mol. The second-order valence-corrected chi connectivity index (χ2v) is 10.5. The highest BCUT2D eigenvalue weighted by atomic mass is 16.6. The van der Waals surface area contributed by atoms with Gasteiger partial charge in [-0.2, -0.15) is 0 Å². The first kappa shape index (κ1) is 32.4. The first-order chi connectivity index (χ1) is 15.8. The van der Waals surface area contributed by atoms with E-state index in [0.717, 1.165) is 19.3 Å². The first-order valence-corrected chi connectivity index (χ1v) is 13.1. The summed E-state index contributed by atoms with van der Waals surface area (Å²) in [7, 11) is 0. The second kappa shape index (κ2) is 16.1. The molecule has 7 heteroatoms. The van der Waals surface area contributed by atoms with Gasteiger partial charge in [0.1, 0.15) is 18.3 Å². The number of rotatable bonds is 17. The average Bonchev–Trinajstić information content (AvgIpc) is 2.72. The normalized spacial score (nSPS) is 16.1. The topological polar surface area (TPSA) is 99.1 Å². The molecule has 0 aliphatic rings. The van der Waals surface area contributed by atoms with Crippen LogP contribution in [0.15, 0.2) is 0 Å². The van der Waals surface area contributed by atoms with E-state index in [2.05, 4.69) is 0 Å². The Morgan fingerprint density at radius 2 is 0.912 bits per heavy atom. The van der Waals surface area contributed by atoms with Crippen LogP contribution in [0, 0.1) is 17.8 Å². The quantitative estimate of drug-likeness (QED) is 0.211. The van der Waals surface area contributed by atoms with Crippen LogP contribution in [0.3, 0.4) is 0 Å². The lowest BCUT2D eigenvalue weighted by atomic mass is 9.94. The monoisotopic (exact) mass is 486 g/mol. The Morgan fingerprint density at radius 3 is 1.18 bits per heavy atom. The van der Waals surface area contributed by atoms with Crippen LogP contribution >= 0.6 is 0 Å². The zero-order chi connectivity index (χ0) is 26.5. The van der Waals surface area contributed by atoms with Crippen molar-refractivity contribution in [3.63, 3.8) is 0 Å². The van der Waals surface area contributed by atoms with Gasteiger partial charge >= 0.3 is 17.9 Å². The van der Waals surface area contributed by atoms with E-state index >= 15 is 0 Å². The molecule has 0 bridgehead atoms. The van der Waals surface area contributed by atoms with Crippen LogP contribution in [0.25, 0.3) is 0 Å². The van der Waals surface area contributed by atoms with Crippen molar-refractivity contribution in [3.8, 4) is 0 Å². The van der Waals surface area contributed by atoms with Crippen LogP contribution in [0.4, 0.5) is 0 Å². The van der Waals surface area contributed by atoms with E-state index in [-0.39, 0.29) is 30.0 Å². The van der Waals surface area contributed by atoms with Crippen LogP contribution < -0.4 is 0 Å². The molecule has 0 heterocycles. The molecule has 0 amide bonds. The fraction of sp³-hybridized carbons (Fsp3) is 0.889. The first-order valence-electron chi connectivity index (χ1n) is 13.1. The van der Waals surface area contributed by atoms with E-state index in [9.17, 15) is 19.5 Å². The molecule has 34 heavy (non-hydrogen) atoms. The minimum absolute atomic E-state index is 0.0248. The standard InChI is InChI=1S/C27H50O7/c1-10-13-21(18(4)5)32-24(28)16-27(31,26(30)34-23(15-12-3)20(8)9)17-25(29)33-22(14-11-2)19(6)7/h18-23,31H,10-17H2,1-9H3. The summed E-state index contributed by atoms with van der Waals surface area (Å²) in [5.41, 5.74) is -2.35. The molecule has 0 aliphatic heterocycles. The van der Waals surface area contributed by atoms with E-state index in [1.807, 2.05) is 62.3 Å². The Morgan fingerprint density at radius 1 is 0.618 bits per heavy atom. The molecular formula is C27H50O7. The number of hydrogen-bond donors (Lipinski definition) is 1. The number of hydrogen-bond acceptors (Lipinski definition) is 7. The molecule has 0 aromatic heterocycles. The summed E-state index contributed by atoms with van der Waals surface area (Å²) >= 11 is 0. The van der Waals surface area contributed by atoms with E-state index in [0.29, 0.717) is 19.3 Å². The van der Waals surface area contributed by atoms with E-state index < -0.39 is 42.5 Å². The summed E-state index contributed by atoms with van der Waals surface area (Å²) in [4.78, 5) is 38.7. The maximum absolute atomic E-state index is 13.1. The van der Waals surface area contributed by atoms with E-state index in [4.69, 9.17) is 14.2 Å². The van der Waals surface area contributed by atoms with Gasteiger partial charge in [0.25, 0.3) is 0 Å². The van der Waals surface area contributed by atoms with E-state index in [1.165, 1.54) is 0 Å². The van der Waals surface area contributed by atoms with Gasteiger partial charge in [0.15, 0.2) is 5.60 Å². The molecule has 0 rings (SSSR count). The molecule has 200 valence electrons. The zero-order valence-electron chi connectivity index (χ0n) is 23.0. The minimum Gasteiger partial charge on any atom is -0.462 e. The van der Waals surface area contributed by atoms with Crippen LogP contribution in [-0.2, 0) is 28.6 Å². The third kappa shape index (κ3) is 11.7. The molecule has 0 saturated carbocycles. The lowest BCUT2D eigenvalue weighted by molar-refractivity contribution is -0.186. The van der Waals surface area contributed by atoms with Gasteiger partial charge in [-0.1, -0.05) is 81.6 Å². The van der Waals surface area contributed by atoms with Crippen molar-refractivity contribution in [2.45, 2.75) is 138 Å². The van der Waals surface area contributed by atoms with Crippen molar-refractivity contribution in [2.24, 2.45) is 17.8 Å². The largest absolute Gasteiger partial charge is 0.462 e. The SMILES string of the molecule is CCCC(OC(=O)CC(O)(CC(=O)OC(CCC)C(C)C)C(=O)OC(CCC)C(C)C)C(C)C. The van der Waals surface area contributed by atoms with Gasteiger partial charge in [-0.25, -0.2) is 4.79 Å². The van der Waals surface area contributed by atoms with Gasteiger partial charge in [0, 0.05) is 0 Å². The Labute approximate surface area is 207 Å². The Kier molecular flexibility index (Phi) is 15.3. The number of carbonyl (C=O) groups is 3. The summed E-state index contributed by atoms with van der Waals surface area (Å²) < 4.78 is 16.8. The number of esters is 3. The third-order valence-corrected chi connectivity index (χ3v) is 6.03. The minimum atomic E-state index is -2.35. The number of aliphatic hydroxyl groups is 1. The molecule has 0 aromatic carbocycles. The van der Waals surface area contributed by atoms with Crippen molar-refractivity contribution in [3.05, 3.63) is 0 Å². The molecule has 0 aromatic rings. The van der Waals surface area contributed by atoms with Gasteiger partial charge in [0.05, 0.1) is 12.8 Å². The second-order valence-electron chi connectivity index (χ2n) is 10.5. The average molecular weight is 487 g/mol. The molecule has 3 unspecified atom stereocenters. The summed E-state index contributed by atoms with van der Waals surface area (Å²) in [5, 5.41) is 11.3. The lowest BCUT2D eigenvalue weighted by Crippen LogP contribution is -2.47. The molecule has 0 fully saturated rings. The highest BCUT2D eigenvalue weighted by Gasteiger charge is 2.45. The van der Waals surface area contributed by atoms with Crippen molar-refractivity contribution in [1.29, 1.82) is 0 Å². The molecule has 7 nitrogen and oxygen atoms in total. The number of carbonyl (C=O) groups excluding carboxylic acids is 3. The molecule has 0 radical (unpaired) electrons. The fourth-order valence-electron chi connectivity index (χ4n) is 3.79. The maximum atomic E-state index is 13.1. The van der Waals surface area contributed by atoms with Gasteiger partial charge in [0.2, 0.25) is 0 Å². The summed E-state index contributed by atoms with van der Waals surface area (Å²) in [5.74, 6) is -2.25. The number of ether oxygens (including phenoxy) is 3.